The van der Waals surface area contributed by atoms with Crippen LogP contribution in [0, 0.1) is 23.2 Å². The van der Waals surface area contributed by atoms with Gasteiger partial charge in [0, 0.05) is 0 Å². The second-order valence-electron chi connectivity index (χ2n) is 6.68. The van der Waals surface area contributed by atoms with Crippen molar-refractivity contribution in [2.75, 3.05) is 7.11 Å². The van der Waals surface area contributed by atoms with Gasteiger partial charge in [0.25, 0.3) is 0 Å². The van der Waals surface area contributed by atoms with E-state index in [1.54, 1.807) is 0 Å². The smallest absolute Gasteiger partial charge is 0.311 e. The molecule has 1 N–H and O–H groups in total. The van der Waals surface area contributed by atoms with Crippen molar-refractivity contribution in [3.63, 3.8) is 0 Å². The van der Waals surface area contributed by atoms with Gasteiger partial charge in [-0.05, 0) is 30.1 Å². The third-order valence-electron chi connectivity index (χ3n) is 4.13. The number of carbonyl (C=O) groups excluding carboxylic acids is 1. The first kappa shape index (κ1) is 14.5. The third kappa shape index (κ3) is 2.65. The van der Waals surface area contributed by atoms with Crippen LogP contribution in [-0.2, 0) is 9.53 Å². The minimum atomic E-state index is -0.926. The lowest BCUT2D eigenvalue weighted by Crippen LogP contribution is -2.48. The Morgan fingerprint density at radius 3 is 2.24 bits per heavy atom. The quantitative estimate of drug-likeness (QED) is 0.774. The molecule has 1 aliphatic rings. The van der Waals surface area contributed by atoms with Gasteiger partial charge >= 0.3 is 5.97 Å². The molecule has 0 aromatic heterocycles. The van der Waals surface area contributed by atoms with Gasteiger partial charge in [-0.1, -0.05) is 34.6 Å². The van der Waals surface area contributed by atoms with Crippen molar-refractivity contribution in [2.45, 2.75) is 53.1 Å². The zero-order chi connectivity index (χ0) is 13.4. The molecule has 1 aliphatic carbocycles. The highest BCUT2D eigenvalue weighted by molar-refractivity contribution is 5.74. The Hall–Kier alpha value is -0.570. The monoisotopic (exact) mass is 242 g/mol. The van der Waals surface area contributed by atoms with E-state index in [0.717, 1.165) is 6.42 Å². The van der Waals surface area contributed by atoms with Crippen LogP contribution in [-0.4, -0.2) is 23.8 Å². The van der Waals surface area contributed by atoms with Gasteiger partial charge < -0.3 is 9.84 Å². The molecule has 0 bridgehead atoms. The number of carbonyl (C=O) groups is 1. The van der Waals surface area contributed by atoms with Crippen molar-refractivity contribution in [3.05, 3.63) is 0 Å². The molecule has 3 nitrogen and oxygen atoms in total. The van der Waals surface area contributed by atoms with E-state index in [2.05, 4.69) is 13.8 Å². The largest absolute Gasteiger partial charge is 0.469 e. The molecule has 0 heterocycles. The lowest BCUT2D eigenvalue weighted by atomic mass is 9.73. The molecular formula is C14H26O3. The third-order valence-corrected chi connectivity index (χ3v) is 4.13. The summed E-state index contributed by atoms with van der Waals surface area (Å²) in [6, 6.07) is 0. The Morgan fingerprint density at radius 2 is 1.94 bits per heavy atom. The number of aliphatic hydroxyl groups is 1. The zero-order valence-corrected chi connectivity index (χ0v) is 11.9. The Kier molecular flexibility index (Phi) is 3.92. The summed E-state index contributed by atoms with van der Waals surface area (Å²) in [5, 5.41) is 10.9. The maximum atomic E-state index is 11.9. The van der Waals surface area contributed by atoms with Crippen molar-refractivity contribution in [3.8, 4) is 0 Å². The summed E-state index contributed by atoms with van der Waals surface area (Å²) in [5.41, 5.74) is -0.833. The summed E-state index contributed by atoms with van der Waals surface area (Å²) in [4.78, 5) is 11.9. The van der Waals surface area contributed by atoms with E-state index in [1.807, 2.05) is 20.8 Å². The second kappa shape index (κ2) is 4.60. The first-order valence-corrected chi connectivity index (χ1v) is 6.44. The van der Waals surface area contributed by atoms with Crippen LogP contribution in [0.15, 0.2) is 0 Å². The predicted octanol–water partition coefficient (Wildman–Crippen LogP) is 2.62. The van der Waals surface area contributed by atoms with Gasteiger partial charge in [-0.25, -0.2) is 0 Å². The van der Waals surface area contributed by atoms with E-state index >= 15 is 0 Å². The number of hydrogen-bond donors (Lipinski definition) is 1. The van der Waals surface area contributed by atoms with Gasteiger partial charge in [0.15, 0.2) is 0 Å². The molecule has 0 aromatic carbocycles. The molecule has 3 atom stereocenters. The first-order valence-electron chi connectivity index (χ1n) is 6.44. The molecule has 0 saturated heterocycles. The molecule has 3 unspecified atom stereocenters. The van der Waals surface area contributed by atoms with Crippen molar-refractivity contribution >= 4 is 5.97 Å². The lowest BCUT2D eigenvalue weighted by molar-refractivity contribution is -0.163. The maximum absolute atomic E-state index is 11.9. The molecule has 1 rings (SSSR count). The number of methoxy groups -OCH3 is 1. The van der Waals surface area contributed by atoms with Crippen LogP contribution in [0.4, 0.5) is 0 Å². The molecule has 0 spiro atoms. The number of ether oxygens (including phenoxy) is 1. The van der Waals surface area contributed by atoms with E-state index in [-0.39, 0.29) is 23.2 Å². The molecule has 1 fully saturated rings. The minimum Gasteiger partial charge on any atom is -0.469 e. The van der Waals surface area contributed by atoms with Gasteiger partial charge in [0.1, 0.15) is 0 Å². The van der Waals surface area contributed by atoms with Crippen molar-refractivity contribution < 1.29 is 14.6 Å². The number of esters is 1. The standard InChI is InChI=1S/C14H26O3/c1-9(2)11(12(15)17-6)14(16)8-13(4,5)7-10(14)3/h9-11,16H,7-8H2,1-6H3. The van der Waals surface area contributed by atoms with Gasteiger partial charge in [0.05, 0.1) is 18.6 Å². The van der Waals surface area contributed by atoms with Crippen LogP contribution in [0.5, 0.6) is 0 Å². The normalized spacial score (nSPS) is 33.8. The average Bonchev–Trinajstić information content (AvgIpc) is 2.34. The van der Waals surface area contributed by atoms with E-state index in [4.69, 9.17) is 4.74 Å². The highest BCUT2D eigenvalue weighted by Crippen LogP contribution is 2.52. The van der Waals surface area contributed by atoms with Crippen LogP contribution in [0.3, 0.4) is 0 Å². The molecule has 0 aromatic rings. The average molecular weight is 242 g/mol. The Balaban J connectivity index is 3.05. The van der Waals surface area contributed by atoms with Gasteiger partial charge in [-0.3, -0.25) is 4.79 Å². The van der Waals surface area contributed by atoms with Gasteiger partial charge in [-0.2, -0.15) is 0 Å². The Morgan fingerprint density at radius 1 is 1.41 bits per heavy atom. The molecule has 0 radical (unpaired) electrons. The van der Waals surface area contributed by atoms with Crippen molar-refractivity contribution in [1.29, 1.82) is 0 Å². The summed E-state index contributed by atoms with van der Waals surface area (Å²) in [6.07, 6.45) is 1.61. The van der Waals surface area contributed by atoms with Crippen LogP contribution >= 0.6 is 0 Å². The van der Waals surface area contributed by atoms with Crippen molar-refractivity contribution in [2.24, 2.45) is 23.2 Å². The molecular weight excluding hydrogens is 216 g/mol. The van der Waals surface area contributed by atoms with Gasteiger partial charge in [-0.15, -0.1) is 0 Å². The maximum Gasteiger partial charge on any atom is 0.311 e. The van der Waals surface area contributed by atoms with Crippen LogP contribution in [0.2, 0.25) is 0 Å². The fraction of sp³-hybridized carbons (Fsp3) is 0.929. The molecule has 3 heteroatoms. The summed E-state index contributed by atoms with van der Waals surface area (Å²) in [6.45, 7) is 10.3. The highest BCUT2D eigenvalue weighted by Gasteiger charge is 2.55. The van der Waals surface area contributed by atoms with Crippen LogP contribution in [0.1, 0.15) is 47.5 Å². The Bertz CT molecular complexity index is 296. The number of hydrogen-bond acceptors (Lipinski definition) is 3. The van der Waals surface area contributed by atoms with E-state index in [9.17, 15) is 9.90 Å². The molecule has 0 amide bonds. The fourth-order valence-electron chi connectivity index (χ4n) is 3.62. The van der Waals surface area contributed by atoms with E-state index in [0.29, 0.717) is 6.42 Å². The molecule has 17 heavy (non-hydrogen) atoms. The zero-order valence-electron chi connectivity index (χ0n) is 11.9. The van der Waals surface area contributed by atoms with E-state index < -0.39 is 11.5 Å². The fourth-order valence-corrected chi connectivity index (χ4v) is 3.62. The molecule has 1 saturated carbocycles. The predicted molar refractivity (Wildman–Crippen MR) is 67.5 cm³/mol. The van der Waals surface area contributed by atoms with Crippen molar-refractivity contribution in [1.82, 2.24) is 0 Å². The first-order chi connectivity index (χ1) is 7.64. The highest BCUT2D eigenvalue weighted by atomic mass is 16.5. The molecule has 100 valence electrons. The topological polar surface area (TPSA) is 46.5 Å². The van der Waals surface area contributed by atoms with Crippen LogP contribution in [0.25, 0.3) is 0 Å². The summed E-state index contributed by atoms with van der Waals surface area (Å²) < 4.78 is 4.87. The minimum absolute atomic E-state index is 0.0869. The second-order valence-corrected chi connectivity index (χ2v) is 6.68. The SMILES string of the molecule is COC(=O)C(C(C)C)C1(O)CC(C)(C)CC1C. The van der Waals surface area contributed by atoms with E-state index in [1.165, 1.54) is 7.11 Å². The molecule has 0 aliphatic heterocycles. The number of rotatable bonds is 3. The lowest BCUT2D eigenvalue weighted by Gasteiger charge is -2.37. The van der Waals surface area contributed by atoms with Gasteiger partial charge in [0.2, 0.25) is 0 Å². The summed E-state index contributed by atoms with van der Waals surface area (Å²) >= 11 is 0. The van der Waals surface area contributed by atoms with Crippen LogP contribution < -0.4 is 0 Å². The summed E-state index contributed by atoms with van der Waals surface area (Å²) in [5.74, 6) is -0.496. The Labute approximate surface area is 105 Å². The summed E-state index contributed by atoms with van der Waals surface area (Å²) in [7, 11) is 1.39.